The Hall–Kier alpha value is -2.07. The van der Waals surface area contributed by atoms with Gasteiger partial charge in [-0.3, -0.25) is 9.48 Å². The molecule has 1 heterocycles. The summed E-state index contributed by atoms with van der Waals surface area (Å²) in [5.74, 6) is -0.192. The maximum atomic E-state index is 12.0. The Balaban J connectivity index is 2.15. The number of hydrogen-bond donors (Lipinski definition) is 1. The molecule has 2 aromatic rings. The molecule has 1 amide bonds. The maximum absolute atomic E-state index is 12.0. The van der Waals surface area contributed by atoms with Crippen molar-refractivity contribution in [2.75, 3.05) is 5.32 Å². The third kappa shape index (κ3) is 3.52. The highest BCUT2D eigenvalue weighted by molar-refractivity contribution is 6.31. The van der Waals surface area contributed by atoms with E-state index in [1.807, 2.05) is 33.9 Å². The van der Waals surface area contributed by atoms with Crippen LogP contribution in [0.2, 0.25) is 5.02 Å². The molecule has 0 radical (unpaired) electrons. The minimum absolute atomic E-state index is 0.192. The largest absolute Gasteiger partial charge is 0.322 e. The molecule has 1 N–H and O–H groups in total. The first-order valence-corrected chi connectivity index (χ1v) is 7.01. The van der Waals surface area contributed by atoms with Crippen molar-refractivity contribution in [1.82, 2.24) is 9.78 Å². The first-order valence-electron chi connectivity index (χ1n) is 6.64. The number of carbonyl (C=O) groups excluding carboxylic acids is 1. The Morgan fingerprint density at radius 1 is 1.33 bits per heavy atom. The molecule has 0 bridgehead atoms. The second-order valence-electron chi connectivity index (χ2n) is 4.99. The molecule has 0 saturated heterocycles. The zero-order valence-electron chi connectivity index (χ0n) is 12.6. The van der Waals surface area contributed by atoms with E-state index in [1.165, 1.54) is 6.08 Å². The Morgan fingerprint density at radius 3 is 2.67 bits per heavy atom. The van der Waals surface area contributed by atoms with Crippen LogP contribution in [-0.2, 0) is 11.8 Å². The number of benzene rings is 1. The summed E-state index contributed by atoms with van der Waals surface area (Å²) in [5.41, 5.74) is 4.58. The third-order valence-corrected chi connectivity index (χ3v) is 3.66. The van der Waals surface area contributed by atoms with Gasteiger partial charge in [0.25, 0.3) is 0 Å². The number of anilines is 1. The summed E-state index contributed by atoms with van der Waals surface area (Å²) in [4.78, 5) is 12.0. The fraction of sp³-hybridized carbons (Fsp3) is 0.250. The van der Waals surface area contributed by atoms with Crippen molar-refractivity contribution in [2.24, 2.45) is 7.05 Å². The summed E-state index contributed by atoms with van der Waals surface area (Å²) in [6.45, 7) is 5.81. The first-order chi connectivity index (χ1) is 9.88. The Labute approximate surface area is 129 Å². The number of carbonyl (C=O) groups is 1. The number of aryl methyl sites for hydroxylation is 3. The Morgan fingerprint density at radius 2 is 2.05 bits per heavy atom. The van der Waals surface area contributed by atoms with Crippen molar-refractivity contribution < 1.29 is 4.79 Å². The van der Waals surface area contributed by atoms with Gasteiger partial charge in [-0.05, 0) is 44.5 Å². The van der Waals surface area contributed by atoms with E-state index in [0.29, 0.717) is 5.02 Å². The molecule has 2 rings (SSSR count). The van der Waals surface area contributed by atoms with Crippen LogP contribution in [0.1, 0.15) is 22.5 Å². The van der Waals surface area contributed by atoms with E-state index in [0.717, 1.165) is 28.2 Å². The van der Waals surface area contributed by atoms with Crippen LogP contribution in [0.15, 0.2) is 24.3 Å². The van der Waals surface area contributed by atoms with E-state index >= 15 is 0 Å². The van der Waals surface area contributed by atoms with Crippen LogP contribution in [0, 0.1) is 20.8 Å². The van der Waals surface area contributed by atoms with E-state index in [9.17, 15) is 4.79 Å². The summed E-state index contributed by atoms with van der Waals surface area (Å²) in [7, 11) is 1.88. The zero-order chi connectivity index (χ0) is 15.6. The van der Waals surface area contributed by atoms with Gasteiger partial charge < -0.3 is 5.32 Å². The second kappa shape index (κ2) is 6.14. The van der Waals surface area contributed by atoms with Crippen molar-refractivity contribution >= 4 is 29.3 Å². The number of hydrogen-bond acceptors (Lipinski definition) is 2. The van der Waals surface area contributed by atoms with E-state index in [1.54, 1.807) is 22.9 Å². The molecule has 0 aliphatic rings. The topological polar surface area (TPSA) is 46.9 Å². The van der Waals surface area contributed by atoms with Crippen LogP contribution in [0.3, 0.4) is 0 Å². The fourth-order valence-electron chi connectivity index (χ4n) is 2.09. The molecule has 5 heteroatoms. The minimum atomic E-state index is -0.192. The second-order valence-corrected chi connectivity index (χ2v) is 5.43. The number of aromatic nitrogens is 2. The molecule has 0 aliphatic heterocycles. The molecule has 0 saturated carbocycles. The number of nitrogens with zero attached hydrogens (tertiary/aromatic N) is 2. The van der Waals surface area contributed by atoms with Crippen molar-refractivity contribution in [3.63, 3.8) is 0 Å². The van der Waals surface area contributed by atoms with Gasteiger partial charge in [-0.15, -0.1) is 0 Å². The van der Waals surface area contributed by atoms with Gasteiger partial charge in [-0.1, -0.05) is 17.7 Å². The average molecular weight is 304 g/mol. The van der Waals surface area contributed by atoms with Gasteiger partial charge in [0.2, 0.25) is 5.91 Å². The van der Waals surface area contributed by atoms with Gasteiger partial charge in [0, 0.05) is 35.1 Å². The van der Waals surface area contributed by atoms with Crippen LogP contribution in [0.25, 0.3) is 6.08 Å². The molecule has 4 nitrogen and oxygen atoms in total. The highest BCUT2D eigenvalue weighted by atomic mass is 35.5. The lowest BCUT2D eigenvalue weighted by Crippen LogP contribution is -2.08. The van der Waals surface area contributed by atoms with Gasteiger partial charge in [-0.2, -0.15) is 5.10 Å². The molecule has 110 valence electrons. The molecule has 0 aliphatic carbocycles. The summed E-state index contributed by atoms with van der Waals surface area (Å²) >= 11 is 5.94. The van der Waals surface area contributed by atoms with Gasteiger partial charge in [0.1, 0.15) is 0 Å². The van der Waals surface area contributed by atoms with Gasteiger partial charge in [0.15, 0.2) is 0 Å². The highest BCUT2D eigenvalue weighted by Crippen LogP contribution is 2.20. The number of halogens is 1. The zero-order valence-corrected chi connectivity index (χ0v) is 13.3. The quantitative estimate of drug-likeness (QED) is 0.880. The fourth-order valence-corrected chi connectivity index (χ4v) is 2.27. The normalized spacial score (nSPS) is 11.1. The molecule has 1 aromatic heterocycles. The molecule has 21 heavy (non-hydrogen) atoms. The smallest absolute Gasteiger partial charge is 0.248 e. The van der Waals surface area contributed by atoms with E-state index in [-0.39, 0.29) is 5.91 Å². The Kier molecular flexibility index (Phi) is 4.48. The predicted molar refractivity (Wildman–Crippen MR) is 86.5 cm³/mol. The predicted octanol–water partition coefficient (Wildman–Crippen LogP) is 3.65. The monoisotopic (exact) mass is 303 g/mol. The molecule has 0 unspecified atom stereocenters. The summed E-state index contributed by atoms with van der Waals surface area (Å²) in [6.07, 6.45) is 3.30. The van der Waals surface area contributed by atoms with E-state index in [4.69, 9.17) is 11.6 Å². The maximum Gasteiger partial charge on any atom is 0.248 e. The van der Waals surface area contributed by atoms with Crippen molar-refractivity contribution in [2.45, 2.75) is 20.8 Å². The minimum Gasteiger partial charge on any atom is -0.322 e. The lowest BCUT2D eigenvalue weighted by atomic mass is 10.1. The summed E-state index contributed by atoms with van der Waals surface area (Å²) in [6, 6.07) is 5.41. The molecular weight excluding hydrogens is 286 g/mol. The molecule has 0 atom stereocenters. The highest BCUT2D eigenvalue weighted by Gasteiger charge is 2.07. The molecule has 0 spiro atoms. The van der Waals surface area contributed by atoms with Crippen LogP contribution >= 0.6 is 11.6 Å². The lowest BCUT2D eigenvalue weighted by molar-refractivity contribution is -0.111. The third-order valence-electron chi connectivity index (χ3n) is 3.42. The number of nitrogens with one attached hydrogen (secondary N) is 1. The van der Waals surface area contributed by atoms with Crippen molar-refractivity contribution in [3.8, 4) is 0 Å². The summed E-state index contributed by atoms with van der Waals surface area (Å²) in [5, 5.41) is 7.74. The van der Waals surface area contributed by atoms with Crippen molar-refractivity contribution in [1.29, 1.82) is 0 Å². The first kappa shape index (κ1) is 15.3. The van der Waals surface area contributed by atoms with Crippen molar-refractivity contribution in [3.05, 3.63) is 51.8 Å². The van der Waals surface area contributed by atoms with Gasteiger partial charge in [-0.25, -0.2) is 0 Å². The van der Waals surface area contributed by atoms with Crippen LogP contribution in [-0.4, -0.2) is 15.7 Å². The molecular formula is C16H18ClN3O. The lowest BCUT2D eigenvalue weighted by Gasteiger charge is -2.06. The van der Waals surface area contributed by atoms with Crippen LogP contribution < -0.4 is 5.32 Å². The molecule has 1 aromatic carbocycles. The van der Waals surface area contributed by atoms with Gasteiger partial charge in [0.05, 0.1) is 5.69 Å². The number of rotatable bonds is 3. The Bertz CT molecular complexity index is 717. The van der Waals surface area contributed by atoms with E-state index in [2.05, 4.69) is 10.4 Å². The molecule has 0 fully saturated rings. The SMILES string of the molecule is Cc1ccc(Cl)cc1NC(=O)/C=C/c1c(C)nn(C)c1C. The van der Waals surface area contributed by atoms with Gasteiger partial charge >= 0.3 is 0 Å². The summed E-state index contributed by atoms with van der Waals surface area (Å²) < 4.78 is 1.80. The van der Waals surface area contributed by atoms with E-state index < -0.39 is 0 Å². The standard InChI is InChI=1S/C16H18ClN3O/c1-10-5-6-13(17)9-15(10)18-16(21)8-7-14-11(2)19-20(4)12(14)3/h5-9H,1-4H3,(H,18,21)/b8-7+. The van der Waals surface area contributed by atoms with Crippen LogP contribution in [0.5, 0.6) is 0 Å². The van der Waals surface area contributed by atoms with Crippen LogP contribution in [0.4, 0.5) is 5.69 Å². The average Bonchev–Trinajstić information content (AvgIpc) is 2.66. The number of amides is 1.